The minimum atomic E-state index is 0.165. The van der Waals surface area contributed by atoms with Gasteiger partial charge in [-0.1, -0.05) is 12.1 Å². The smallest absolute Gasteiger partial charge is 0.226 e. The normalized spacial score (nSPS) is 11.0. The van der Waals surface area contributed by atoms with Crippen LogP contribution in [0.25, 0.3) is 21.7 Å². The number of fused-ring (bicyclic) bond motifs is 1. The van der Waals surface area contributed by atoms with Crippen molar-refractivity contribution in [3.8, 4) is 10.6 Å². The van der Waals surface area contributed by atoms with Gasteiger partial charge in [0.05, 0.1) is 16.9 Å². The van der Waals surface area contributed by atoms with Gasteiger partial charge in [0.1, 0.15) is 5.52 Å². The summed E-state index contributed by atoms with van der Waals surface area (Å²) in [6.07, 6.45) is 3.42. The molecule has 0 saturated heterocycles. The summed E-state index contributed by atoms with van der Waals surface area (Å²) in [5, 5.41) is 5.45. The van der Waals surface area contributed by atoms with E-state index in [-0.39, 0.29) is 5.28 Å². The van der Waals surface area contributed by atoms with Crippen molar-refractivity contribution in [2.75, 3.05) is 5.32 Å². The molecule has 4 aromatic rings. The van der Waals surface area contributed by atoms with Crippen LogP contribution in [-0.2, 0) is 6.54 Å². The molecular formula is C15H11ClN6S. The van der Waals surface area contributed by atoms with Gasteiger partial charge in [0.2, 0.25) is 5.28 Å². The minimum absolute atomic E-state index is 0.165. The van der Waals surface area contributed by atoms with Crippen LogP contribution < -0.4 is 5.32 Å². The number of thiophene rings is 1. The lowest BCUT2D eigenvalue weighted by Crippen LogP contribution is -2.03. The Morgan fingerprint density at radius 1 is 1.17 bits per heavy atom. The van der Waals surface area contributed by atoms with Crippen molar-refractivity contribution in [2.24, 2.45) is 0 Å². The molecular weight excluding hydrogens is 332 g/mol. The number of nitrogens with one attached hydrogen (secondary N) is 2. The maximum atomic E-state index is 5.91. The highest BCUT2D eigenvalue weighted by Gasteiger charge is 2.08. The second kappa shape index (κ2) is 5.94. The maximum Gasteiger partial charge on any atom is 0.226 e. The maximum absolute atomic E-state index is 5.91. The Morgan fingerprint density at radius 2 is 2.13 bits per heavy atom. The zero-order chi connectivity index (χ0) is 15.6. The number of H-pyrrole nitrogens is 1. The third-order valence-corrected chi connectivity index (χ3v) is 4.38. The van der Waals surface area contributed by atoms with Crippen LogP contribution in [0.4, 0.5) is 5.82 Å². The number of aromatic amines is 1. The number of nitrogens with zero attached hydrogens (tertiary/aromatic N) is 4. The number of imidazole rings is 1. The highest BCUT2D eigenvalue weighted by Crippen LogP contribution is 2.23. The highest BCUT2D eigenvalue weighted by molar-refractivity contribution is 7.13. The molecule has 0 aliphatic rings. The van der Waals surface area contributed by atoms with Crippen molar-refractivity contribution >= 4 is 39.9 Å². The molecule has 4 heterocycles. The molecule has 114 valence electrons. The van der Waals surface area contributed by atoms with Crippen LogP contribution in [0.2, 0.25) is 5.28 Å². The van der Waals surface area contributed by atoms with Gasteiger partial charge in [-0.2, -0.15) is 9.97 Å². The molecule has 0 saturated carbocycles. The molecule has 0 spiro atoms. The molecule has 4 rings (SSSR count). The van der Waals surface area contributed by atoms with Crippen LogP contribution in [0, 0.1) is 0 Å². The fraction of sp³-hybridized carbons (Fsp3) is 0.0667. The summed E-state index contributed by atoms with van der Waals surface area (Å²) < 4.78 is 0. The molecule has 0 aliphatic heterocycles. The summed E-state index contributed by atoms with van der Waals surface area (Å²) in [7, 11) is 0. The van der Waals surface area contributed by atoms with Gasteiger partial charge in [0.25, 0.3) is 0 Å². The predicted octanol–water partition coefficient (Wildman–Crippen LogP) is 3.74. The Bertz CT molecular complexity index is 932. The van der Waals surface area contributed by atoms with Crippen LogP contribution in [0.1, 0.15) is 5.56 Å². The zero-order valence-electron chi connectivity index (χ0n) is 11.8. The Kier molecular flexibility index (Phi) is 3.64. The van der Waals surface area contributed by atoms with Crippen molar-refractivity contribution in [3.63, 3.8) is 0 Å². The Balaban J connectivity index is 1.53. The third-order valence-electron chi connectivity index (χ3n) is 3.32. The molecule has 0 unspecified atom stereocenters. The van der Waals surface area contributed by atoms with Crippen molar-refractivity contribution in [1.29, 1.82) is 0 Å². The standard InChI is InChI=1S/C15H11ClN6S/c16-15-21-13(12-14(22-15)20-8-19-12)18-7-9-3-4-10(17-6-9)11-2-1-5-23-11/h1-6,8H,7H2,(H2,18,19,20,21,22). The van der Waals surface area contributed by atoms with E-state index in [9.17, 15) is 0 Å². The largest absolute Gasteiger partial charge is 0.364 e. The molecule has 0 radical (unpaired) electrons. The van der Waals surface area contributed by atoms with Gasteiger partial charge in [0, 0.05) is 12.7 Å². The lowest BCUT2D eigenvalue weighted by atomic mass is 10.2. The number of halogens is 1. The summed E-state index contributed by atoms with van der Waals surface area (Å²) >= 11 is 7.59. The van der Waals surface area contributed by atoms with Crippen LogP contribution in [-0.4, -0.2) is 24.9 Å². The number of aromatic nitrogens is 5. The van der Waals surface area contributed by atoms with Crippen molar-refractivity contribution in [2.45, 2.75) is 6.54 Å². The Morgan fingerprint density at radius 3 is 2.91 bits per heavy atom. The molecule has 4 aromatic heterocycles. The SMILES string of the molecule is Clc1nc(NCc2ccc(-c3cccs3)nc2)c2[nH]cnc2n1. The van der Waals surface area contributed by atoms with Gasteiger partial charge in [-0.3, -0.25) is 4.98 Å². The van der Waals surface area contributed by atoms with E-state index in [4.69, 9.17) is 11.6 Å². The van der Waals surface area contributed by atoms with Gasteiger partial charge in [-0.25, -0.2) is 4.98 Å². The summed E-state index contributed by atoms with van der Waals surface area (Å²) in [5.74, 6) is 0.625. The third kappa shape index (κ3) is 2.88. The van der Waals surface area contributed by atoms with Gasteiger partial charge in [-0.05, 0) is 34.7 Å². The molecule has 23 heavy (non-hydrogen) atoms. The number of anilines is 1. The van der Waals surface area contributed by atoms with Gasteiger partial charge >= 0.3 is 0 Å². The van der Waals surface area contributed by atoms with Crippen LogP contribution in [0.5, 0.6) is 0 Å². The summed E-state index contributed by atoms with van der Waals surface area (Å²) in [6, 6.07) is 8.14. The van der Waals surface area contributed by atoms with E-state index in [2.05, 4.69) is 36.3 Å². The first-order valence-corrected chi connectivity index (χ1v) is 8.14. The van der Waals surface area contributed by atoms with Crippen LogP contribution in [0.3, 0.4) is 0 Å². The molecule has 0 aromatic carbocycles. The van der Waals surface area contributed by atoms with E-state index >= 15 is 0 Å². The fourth-order valence-corrected chi connectivity index (χ4v) is 3.09. The molecule has 2 N–H and O–H groups in total. The van der Waals surface area contributed by atoms with E-state index < -0.39 is 0 Å². The topological polar surface area (TPSA) is 79.4 Å². The van der Waals surface area contributed by atoms with Crippen LogP contribution >= 0.6 is 22.9 Å². The van der Waals surface area contributed by atoms with E-state index in [1.165, 1.54) is 0 Å². The average Bonchev–Trinajstić information content (AvgIpc) is 3.24. The van der Waals surface area contributed by atoms with Gasteiger partial charge < -0.3 is 10.3 Å². The Labute approximate surface area is 140 Å². The summed E-state index contributed by atoms with van der Waals surface area (Å²) in [5.41, 5.74) is 3.30. The van der Waals surface area contributed by atoms with E-state index in [0.717, 1.165) is 21.7 Å². The van der Waals surface area contributed by atoms with E-state index in [1.54, 1.807) is 17.7 Å². The highest BCUT2D eigenvalue weighted by atomic mass is 35.5. The molecule has 0 aliphatic carbocycles. The van der Waals surface area contributed by atoms with Crippen LogP contribution in [0.15, 0.2) is 42.2 Å². The van der Waals surface area contributed by atoms with E-state index in [0.29, 0.717) is 18.0 Å². The number of rotatable bonds is 4. The predicted molar refractivity (Wildman–Crippen MR) is 91.6 cm³/mol. The van der Waals surface area contributed by atoms with E-state index in [1.807, 2.05) is 29.8 Å². The molecule has 0 atom stereocenters. The second-order valence-electron chi connectivity index (χ2n) is 4.82. The fourth-order valence-electron chi connectivity index (χ4n) is 2.22. The van der Waals surface area contributed by atoms with Gasteiger partial charge in [0.15, 0.2) is 11.5 Å². The molecule has 6 nitrogen and oxygen atoms in total. The first-order chi connectivity index (χ1) is 11.3. The number of hydrogen-bond acceptors (Lipinski definition) is 6. The minimum Gasteiger partial charge on any atom is -0.364 e. The summed E-state index contributed by atoms with van der Waals surface area (Å²) in [6.45, 7) is 0.583. The molecule has 0 fully saturated rings. The molecule has 0 amide bonds. The number of hydrogen-bond donors (Lipinski definition) is 2. The second-order valence-corrected chi connectivity index (χ2v) is 6.11. The molecule has 8 heteroatoms. The first kappa shape index (κ1) is 14.1. The average molecular weight is 343 g/mol. The summed E-state index contributed by atoms with van der Waals surface area (Å²) in [4.78, 5) is 21.0. The lowest BCUT2D eigenvalue weighted by Gasteiger charge is -2.07. The lowest BCUT2D eigenvalue weighted by molar-refractivity contribution is 1.08. The molecule has 0 bridgehead atoms. The first-order valence-electron chi connectivity index (χ1n) is 6.89. The van der Waals surface area contributed by atoms with Crippen molar-refractivity contribution < 1.29 is 0 Å². The Hall–Kier alpha value is -2.51. The zero-order valence-corrected chi connectivity index (χ0v) is 13.4. The monoisotopic (exact) mass is 342 g/mol. The number of pyridine rings is 1. The quantitative estimate of drug-likeness (QED) is 0.552. The van der Waals surface area contributed by atoms with Crippen molar-refractivity contribution in [1.82, 2.24) is 24.9 Å². The van der Waals surface area contributed by atoms with Gasteiger partial charge in [-0.15, -0.1) is 11.3 Å². The van der Waals surface area contributed by atoms with Crippen molar-refractivity contribution in [3.05, 3.63) is 53.0 Å².